The van der Waals surface area contributed by atoms with E-state index in [-0.39, 0.29) is 18.7 Å². The van der Waals surface area contributed by atoms with Crippen molar-refractivity contribution < 1.29 is 9.90 Å². The van der Waals surface area contributed by atoms with Gasteiger partial charge in [-0.2, -0.15) is 0 Å². The van der Waals surface area contributed by atoms with Crippen LogP contribution < -0.4 is 10.6 Å². The lowest BCUT2D eigenvalue weighted by Gasteiger charge is -2.14. The second kappa shape index (κ2) is 6.87. The highest BCUT2D eigenvalue weighted by molar-refractivity contribution is 7.18. The summed E-state index contributed by atoms with van der Waals surface area (Å²) in [7, 11) is 0. The van der Waals surface area contributed by atoms with E-state index in [1.807, 2.05) is 25.1 Å². The molecule has 6 heteroatoms. The van der Waals surface area contributed by atoms with Crippen LogP contribution in [0.5, 0.6) is 0 Å². The quantitative estimate of drug-likeness (QED) is 0.793. The van der Waals surface area contributed by atoms with Crippen LogP contribution in [0, 0.1) is 0 Å². The minimum atomic E-state index is -0.302. The number of nitrogens with one attached hydrogen (secondary N) is 2. The molecule has 0 saturated heterocycles. The van der Waals surface area contributed by atoms with Crippen LogP contribution in [0.4, 0.5) is 10.5 Å². The monoisotopic (exact) mass is 307 g/mol. The van der Waals surface area contributed by atoms with Gasteiger partial charge in [-0.05, 0) is 24.6 Å². The summed E-state index contributed by atoms with van der Waals surface area (Å²) in [5, 5.41) is 15.7. The molecule has 1 aromatic carbocycles. The van der Waals surface area contributed by atoms with Crippen LogP contribution in [0.25, 0.3) is 10.2 Å². The van der Waals surface area contributed by atoms with Crippen molar-refractivity contribution in [2.75, 3.05) is 11.9 Å². The fourth-order valence-electron chi connectivity index (χ4n) is 1.90. The first kappa shape index (κ1) is 15.7. The minimum absolute atomic E-state index is 0.0600. The number of thiazole rings is 1. The number of aliphatic hydroxyl groups excluding tert-OH is 1. The SMILES string of the molecule is CCC(CO)NC(=O)Nc1ccc2nc(C(C)C)sc2c1. The lowest BCUT2D eigenvalue weighted by atomic mass is 10.2. The number of nitrogens with zero attached hydrogens (tertiary/aromatic N) is 1. The Morgan fingerprint density at radius 3 is 2.81 bits per heavy atom. The van der Waals surface area contributed by atoms with Crippen LogP contribution in [0.1, 0.15) is 38.1 Å². The average Bonchev–Trinajstić information content (AvgIpc) is 2.88. The molecule has 3 N–H and O–H groups in total. The van der Waals surface area contributed by atoms with E-state index in [9.17, 15) is 4.79 Å². The van der Waals surface area contributed by atoms with Gasteiger partial charge in [0.05, 0.1) is 27.9 Å². The van der Waals surface area contributed by atoms with E-state index in [1.165, 1.54) is 0 Å². The number of carbonyl (C=O) groups is 1. The van der Waals surface area contributed by atoms with Gasteiger partial charge in [-0.1, -0.05) is 20.8 Å². The molecule has 2 aromatic rings. The second-order valence-electron chi connectivity index (χ2n) is 5.28. The van der Waals surface area contributed by atoms with Gasteiger partial charge in [0, 0.05) is 11.6 Å². The molecule has 2 rings (SSSR count). The molecule has 1 aromatic heterocycles. The van der Waals surface area contributed by atoms with Gasteiger partial charge in [0.25, 0.3) is 0 Å². The lowest BCUT2D eigenvalue weighted by molar-refractivity contribution is 0.222. The van der Waals surface area contributed by atoms with E-state index in [0.29, 0.717) is 12.3 Å². The fraction of sp³-hybridized carbons (Fsp3) is 0.467. The third-order valence-electron chi connectivity index (χ3n) is 3.21. The summed E-state index contributed by atoms with van der Waals surface area (Å²) < 4.78 is 1.06. The molecule has 21 heavy (non-hydrogen) atoms. The lowest BCUT2D eigenvalue weighted by Crippen LogP contribution is -2.39. The fourth-order valence-corrected chi connectivity index (χ4v) is 2.91. The highest BCUT2D eigenvalue weighted by atomic mass is 32.1. The molecule has 0 radical (unpaired) electrons. The number of amides is 2. The molecule has 0 saturated carbocycles. The number of anilines is 1. The standard InChI is InChI=1S/C15H21N3O2S/c1-4-10(8-19)16-15(20)17-11-5-6-12-13(7-11)21-14(18-12)9(2)3/h5-7,9-10,19H,4,8H2,1-3H3,(H2,16,17,20). The third-order valence-corrected chi connectivity index (χ3v) is 4.52. The molecule has 1 heterocycles. The first-order valence-electron chi connectivity index (χ1n) is 7.12. The Balaban J connectivity index is 2.10. The van der Waals surface area contributed by atoms with Crippen LogP contribution in [0.3, 0.4) is 0 Å². The molecular weight excluding hydrogens is 286 g/mol. The zero-order chi connectivity index (χ0) is 15.4. The molecular formula is C15H21N3O2S. The van der Waals surface area contributed by atoms with Crippen LogP contribution in [-0.2, 0) is 0 Å². The molecule has 5 nitrogen and oxygen atoms in total. The number of aliphatic hydroxyl groups is 1. The molecule has 0 aliphatic heterocycles. The maximum atomic E-state index is 11.8. The summed E-state index contributed by atoms with van der Waals surface area (Å²) in [5.41, 5.74) is 1.68. The van der Waals surface area contributed by atoms with Gasteiger partial charge < -0.3 is 15.7 Å². The Morgan fingerprint density at radius 2 is 2.19 bits per heavy atom. The molecule has 0 fully saturated rings. The van der Waals surface area contributed by atoms with Gasteiger partial charge in [0.15, 0.2) is 0 Å². The normalized spacial score (nSPS) is 12.6. The largest absolute Gasteiger partial charge is 0.394 e. The summed E-state index contributed by atoms with van der Waals surface area (Å²) in [6, 6.07) is 5.16. The number of fused-ring (bicyclic) bond motifs is 1. The number of carbonyl (C=O) groups excluding carboxylic acids is 1. The van der Waals surface area contributed by atoms with Gasteiger partial charge in [-0.15, -0.1) is 11.3 Å². The van der Waals surface area contributed by atoms with Crippen molar-refractivity contribution in [3.8, 4) is 0 Å². The number of hydrogen-bond acceptors (Lipinski definition) is 4. The zero-order valence-corrected chi connectivity index (χ0v) is 13.3. The van der Waals surface area contributed by atoms with E-state index in [2.05, 4.69) is 29.5 Å². The Labute approximate surface area is 128 Å². The Kier molecular flexibility index (Phi) is 5.14. The van der Waals surface area contributed by atoms with Gasteiger partial charge >= 0.3 is 6.03 Å². The smallest absolute Gasteiger partial charge is 0.319 e. The Hall–Kier alpha value is -1.66. The Morgan fingerprint density at radius 1 is 1.43 bits per heavy atom. The first-order valence-corrected chi connectivity index (χ1v) is 7.94. The topological polar surface area (TPSA) is 74.2 Å². The summed E-state index contributed by atoms with van der Waals surface area (Å²) >= 11 is 1.65. The van der Waals surface area contributed by atoms with Crippen molar-refractivity contribution in [1.29, 1.82) is 0 Å². The predicted octanol–water partition coefficient (Wildman–Crippen LogP) is 3.31. The molecule has 0 spiro atoms. The number of urea groups is 1. The van der Waals surface area contributed by atoms with Gasteiger partial charge in [0.2, 0.25) is 0 Å². The van der Waals surface area contributed by atoms with Crippen LogP contribution in [0.2, 0.25) is 0 Å². The van der Waals surface area contributed by atoms with Crippen molar-refractivity contribution in [3.63, 3.8) is 0 Å². The van der Waals surface area contributed by atoms with E-state index in [1.54, 1.807) is 11.3 Å². The zero-order valence-electron chi connectivity index (χ0n) is 12.5. The highest BCUT2D eigenvalue weighted by Crippen LogP contribution is 2.29. The Bertz CT molecular complexity index is 620. The highest BCUT2D eigenvalue weighted by Gasteiger charge is 2.11. The maximum Gasteiger partial charge on any atom is 0.319 e. The number of benzene rings is 1. The number of hydrogen-bond donors (Lipinski definition) is 3. The number of rotatable bonds is 5. The molecule has 114 valence electrons. The third kappa shape index (κ3) is 3.92. The molecule has 1 unspecified atom stereocenters. The molecule has 0 aliphatic carbocycles. The maximum absolute atomic E-state index is 11.8. The average molecular weight is 307 g/mol. The number of aromatic nitrogens is 1. The van der Waals surface area contributed by atoms with Crippen molar-refractivity contribution >= 4 is 33.3 Å². The first-order chi connectivity index (χ1) is 10.0. The van der Waals surface area contributed by atoms with Crippen LogP contribution in [0.15, 0.2) is 18.2 Å². The van der Waals surface area contributed by atoms with Crippen molar-refractivity contribution in [1.82, 2.24) is 10.3 Å². The minimum Gasteiger partial charge on any atom is -0.394 e. The van der Waals surface area contributed by atoms with Crippen molar-refractivity contribution in [3.05, 3.63) is 23.2 Å². The summed E-state index contributed by atoms with van der Waals surface area (Å²) in [5.74, 6) is 0.400. The van der Waals surface area contributed by atoms with Crippen molar-refractivity contribution in [2.45, 2.75) is 39.2 Å². The molecule has 0 bridgehead atoms. The van der Waals surface area contributed by atoms with Gasteiger partial charge in [-0.25, -0.2) is 9.78 Å². The van der Waals surface area contributed by atoms with E-state index in [0.717, 1.165) is 20.9 Å². The van der Waals surface area contributed by atoms with Crippen LogP contribution in [-0.4, -0.2) is 28.8 Å². The molecule has 2 amide bonds. The molecule has 0 aliphatic rings. The van der Waals surface area contributed by atoms with Crippen LogP contribution >= 0.6 is 11.3 Å². The summed E-state index contributed by atoms with van der Waals surface area (Å²) in [6.07, 6.45) is 0.690. The van der Waals surface area contributed by atoms with E-state index >= 15 is 0 Å². The van der Waals surface area contributed by atoms with Gasteiger partial charge in [-0.3, -0.25) is 0 Å². The predicted molar refractivity (Wildman–Crippen MR) is 87.0 cm³/mol. The van der Waals surface area contributed by atoms with E-state index in [4.69, 9.17) is 5.11 Å². The summed E-state index contributed by atoms with van der Waals surface area (Å²) in [4.78, 5) is 16.4. The van der Waals surface area contributed by atoms with Crippen molar-refractivity contribution in [2.24, 2.45) is 0 Å². The summed E-state index contributed by atoms with van der Waals surface area (Å²) in [6.45, 7) is 6.09. The second-order valence-corrected chi connectivity index (χ2v) is 6.34. The van der Waals surface area contributed by atoms with Gasteiger partial charge in [0.1, 0.15) is 0 Å². The van der Waals surface area contributed by atoms with E-state index < -0.39 is 0 Å². The molecule has 1 atom stereocenters.